The summed E-state index contributed by atoms with van der Waals surface area (Å²) in [6.07, 6.45) is 7.85. The molecule has 0 radical (unpaired) electrons. The number of fused-ring (bicyclic) bond motifs is 1. The van der Waals surface area contributed by atoms with Crippen LogP contribution in [0.1, 0.15) is 36.9 Å². The number of anilines is 1. The van der Waals surface area contributed by atoms with Crippen LogP contribution in [0.15, 0.2) is 36.7 Å². The molecule has 22 heavy (non-hydrogen) atoms. The monoisotopic (exact) mass is 297 g/mol. The van der Waals surface area contributed by atoms with Crippen molar-refractivity contribution in [1.82, 2.24) is 9.78 Å². The highest BCUT2D eigenvalue weighted by atomic mass is 16.5. The van der Waals surface area contributed by atoms with Crippen molar-refractivity contribution >= 4 is 5.69 Å². The van der Waals surface area contributed by atoms with Crippen molar-refractivity contribution in [1.29, 1.82) is 0 Å². The summed E-state index contributed by atoms with van der Waals surface area (Å²) in [6, 6.07) is 9.14. The van der Waals surface area contributed by atoms with Crippen molar-refractivity contribution in [2.24, 2.45) is 5.92 Å². The highest BCUT2D eigenvalue weighted by Gasteiger charge is 2.29. The van der Waals surface area contributed by atoms with Crippen LogP contribution >= 0.6 is 0 Å². The lowest BCUT2D eigenvalue weighted by atomic mass is 10.0. The second kappa shape index (κ2) is 5.76. The summed E-state index contributed by atoms with van der Waals surface area (Å²) in [5.74, 6) is 0.610. The van der Waals surface area contributed by atoms with Gasteiger partial charge in [-0.1, -0.05) is 31.2 Å². The maximum absolute atomic E-state index is 5.68. The zero-order valence-corrected chi connectivity index (χ0v) is 13.0. The van der Waals surface area contributed by atoms with E-state index in [9.17, 15) is 0 Å². The third-order valence-electron chi connectivity index (χ3n) is 4.87. The third-order valence-corrected chi connectivity index (χ3v) is 4.87. The van der Waals surface area contributed by atoms with Crippen LogP contribution in [0, 0.1) is 5.92 Å². The van der Waals surface area contributed by atoms with Crippen LogP contribution in [0.2, 0.25) is 0 Å². The highest BCUT2D eigenvalue weighted by Crippen LogP contribution is 2.37. The molecule has 1 aromatic heterocycles. The number of nitrogens with zero attached hydrogens (tertiary/aromatic N) is 2. The van der Waals surface area contributed by atoms with E-state index in [0.717, 1.165) is 31.7 Å². The molecular formula is C18H23N3O. The maximum atomic E-state index is 5.68. The van der Waals surface area contributed by atoms with Gasteiger partial charge >= 0.3 is 0 Å². The molecule has 1 saturated heterocycles. The van der Waals surface area contributed by atoms with E-state index >= 15 is 0 Å². The van der Waals surface area contributed by atoms with E-state index in [0.29, 0.717) is 18.1 Å². The molecule has 2 heterocycles. The number of nitrogens with one attached hydrogen (secondary N) is 1. The summed E-state index contributed by atoms with van der Waals surface area (Å²) in [7, 11) is 0. The quantitative estimate of drug-likeness (QED) is 0.940. The molecule has 116 valence electrons. The second-order valence-electron chi connectivity index (χ2n) is 6.59. The van der Waals surface area contributed by atoms with Gasteiger partial charge in [-0.25, -0.2) is 0 Å². The fourth-order valence-corrected chi connectivity index (χ4v) is 3.73. The molecule has 4 nitrogen and oxygen atoms in total. The number of hydrogen-bond acceptors (Lipinski definition) is 3. The third kappa shape index (κ3) is 2.63. The van der Waals surface area contributed by atoms with Crippen LogP contribution in [-0.2, 0) is 17.7 Å². The van der Waals surface area contributed by atoms with Gasteiger partial charge in [-0.05, 0) is 36.3 Å². The second-order valence-corrected chi connectivity index (χ2v) is 6.59. The SMILES string of the molecule is C[C@@H]1Cc2ccccc2[C@H]1Nc1cnn(C[C@H]2CCCO2)c1. The zero-order valence-electron chi connectivity index (χ0n) is 13.0. The van der Waals surface area contributed by atoms with Crippen molar-refractivity contribution < 1.29 is 4.74 Å². The first-order chi connectivity index (χ1) is 10.8. The highest BCUT2D eigenvalue weighted by molar-refractivity contribution is 5.46. The lowest BCUT2D eigenvalue weighted by molar-refractivity contribution is 0.0940. The Morgan fingerprint density at radius 3 is 3.14 bits per heavy atom. The molecule has 1 aliphatic heterocycles. The predicted molar refractivity (Wildman–Crippen MR) is 86.9 cm³/mol. The summed E-state index contributed by atoms with van der Waals surface area (Å²) in [5, 5.41) is 8.14. The minimum atomic E-state index is 0.332. The number of rotatable bonds is 4. The summed E-state index contributed by atoms with van der Waals surface area (Å²) in [4.78, 5) is 0. The molecular weight excluding hydrogens is 274 g/mol. The van der Waals surface area contributed by atoms with Crippen LogP contribution in [0.5, 0.6) is 0 Å². The molecule has 4 rings (SSSR count). The van der Waals surface area contributed by atoms with Gasteiger partial charge < -0.3 is 10.1 Å². The summed E-state index contributed by atoms with van der Waals surface area (Å²) < 4.78 is 7.69. The van der Waals surface area contributed by atoms with Gasteiger partial charge in [0.05, 0.1) is 30.6 Å². The van der Waals surface area contributed by atoms with Gasteiger partial charge in [0.2, 0.25) is 0 Å². The first kappa shape index (κ1) is 13.8. The number of benzene rings is 1. The Morgan fingerprint density at radius 1 is 1.36 bits per heavy atom. The average molecular weight is 297 g/mol. The number of hydrogen-bond donors (Lipinski definition) is 1. The molecule has 1 aliphatic carbocycles. The molecule has 1 N–H and O–H groups in total. The van der Waals surface area contributed by atoms with Crippen LogP contribution in [-0.4, -0.2) is 22.5 Å². The average Bonchev–Trinajstić information content (AvgIpc) is 3.23. The fraction of sp³-hybridized carbons (Fsp3) is 0.500. The van der Waals surface area contributed by atoms with Crippen LogP contribution in [0.3, 0.4) is 0 Å². The lowest BCUT2D eigenvalue weighted by Crippen LogP contribution is -2.15. The van der Waals surface area contributed by atoms with Gasteiger partial charge in [0.15, 0.2) is 0 Å². The van der Waals surface area contributed by atoms with Gasteiger partial charge in [0, 0.05) is 12.8 Å². The molecule has 0 spiro atoms. The molecule has 3 atom stereocenters. The van der Waals surface area contributed by atoms with Crippen molar-refractivity contribution in [3.63, 3.8) is 0 Å². The molecule has 1 fully saturated rings. The minimum absolute atomic E-state index is 0.332. The smallest absolute Gasteiger partial charge is 0.0771 e. The van der Waals surface area contributed by atoms with Gasteiger partial charge in [-0.2, -0.15) is 5.10 Å². The first-order valence-corrected chi connectivity index (χ1v) is 8.28. The molecule has 2 aromatic rings. The minimum Gasteiger partial charge on any atom is -0.376 e. The Labute approximate surface area is 131 Å². The largest absolute Gasteiger partial charge is 0.376 e. The van der Waals surface area contributed by atoms with E-state index in [4.69, 9.17) is 4.74 Å². The molecule has 0 unspecified atom stereocenters. The Hall–Kier alpha value is -1.81. The van der Waals surface area contributed by atoms with Crippen molar-refractivity contribution in [3.05, 3.63) is 47.8 Å². The van der Waals surface area contributed by atoms with E-state index in [1.807, 2.05) is 10.9 Å². The first-order valence-electron chi connectivity index (χ1n) is 8.28. The Kier molecular flexibility index (Phi) is 3.62. The lowest BCUT2D eigenvalue weighted by Gasteiger charge is -2.18. The van der Waals surface area contributed by atoms with Gasteiger partial charge in [-0.15, -0.1) is 0 Å². The van der Waals surface area contributed by atoms with E-state index in [1.165, 1.54) is 17.5 Å². The van der Waals surface area contributed by atoms with Gasteiger partial charge in [-0.3, -0.25) is 4.68 Å². The molecule has 0 bridgehead atoms. The summed E-state index contributed by atoms with van der Waals surface area (Å²) in [5.41, 5.74) is 4.01. The number of aromatic nitrogens is 2. The van der Waals surface area contributed by atoms with Crippen molar-refractivity contribution in [2.45, 2.75) is 44.9 Å². The summed E-state index contributed by atoms with van der Waals surface area (Å²) >= 11 is 0. The van der Waals surface area contributed by atoms with Crippen LogP contribution in [0.25, 0.3) is 0 Å². The Balaban J connectivity index is 1.46. The normalized spacial score (nSPS) is 27.0. The van der Waals surface area contributed by atoms with Crippen LogP contribution < -0.4 is 5.32 Å². The molecule has 0 amide bonds. The topological polar surface area (TPSA) is 39.1 Å². The zero-order chi connectivity index (χ0) is 14.9. The molecule has 0 saturated carbocycles. The predicted octanol–water partition coefficient (Wildman–Crippen LogP) is 3.41. The standard InChI is InChI=1S/C18H23N3O/c1-13-9-14-5-2-3-7-17(14)18(13)20-15-10-19-21(11-15)12-16-6-4-8-22-16/h2-3,5,7,10-11,13,16,18,20H,4,6,8-9,12H2,1H3/t13-,16-,18+/m1/s1. The fourth-order valence-electron chi connectivity index (χ4n) is 3.73. The van der Waals surface area contributed by atoms with Crippen molar-refractivity contribution in [3.8, 4) is 0 Å². The van der Waals surface area contributed by atoms with E-state index in [-0.39, 0.29) is 0 Å². The van der Waals surface area contributed by atoms with E-state index in [1.54, 1.807) is 0 Å². The van der Waals surface area contributed by atoms with Gasteiger partial charge in [0.1, 0.15) is 0 Å². The molecule has 4 heteroatoms. The van der Waals surface area contributed by atoms with Gasteiger partial charge in [0.25, 0.3) is 0 Å². The van der Waals surface area contributed by atoms with E-state index in [2.05, 4.69) is 47.8 Å². The maximum Gasteiger partial charge on any atom is 0.0771 e. The van der Waals surface area contributed by atoms with Crippen LogP contribution in [0.4, 0.5) is 5.69 Å². The molecule has 1 aromatic carbocycles. The Morgan fingerprint density at radius 2 is 2.27 bits per heavy atom. The summed E-state index contributed by atoms with van der Waals surface area (Å²) in [6.45, 7) is 4.07. The molecule has 2 aliphatic rings. The Bertz CT molecular complexity index is 645. The van der Waals surface area contributed by atoms with E-state index < -0.39 is 0 Å². The number of ether oxygens (including phenoxy) is 1. The van der Waals surface area contributed by atoms with Crippen molar-refractivity contribution in [2.75, 3.05) is 11.9 Å².